The molecule has 94 valence electrons. The molecule has 0 aliphatic carbocycles. The maximum absolute atomic E-state index is 12.4. The van der Waals surface area contributed by atoms with Crippen molar-refractivity contribution in [2.24, 2.45) is 0 Å². The van der Waals surface area contributed by atoms with Crippen LogP contribution in [0.1, 0.15) is 0 Å². The van der Waals surface area contributed by atoms with Crippen LogP contribution in [0.3, 0.4) is 0 Å². The third kappa shape index (κ3) is 3.10. The third-order valence-corrected chi connectivity index (χ3v) is 3.71. The van der Waals surface area contributed by atoms with Crippen LogP contribution in [-0.4, -0.2) is 12.7 Å². The monoisotopic (exact) mass is 267 g/mol. The summed E-state index contributed by atoms with van der Waals surface area (Å²) in [6.45, 7) is -1.84. The summed E-state index contributed by atoms with van der Waals surface area (Å²) in [7, 11) is 0. The minimum atomic E-state index is -4.92. The number of rotatable bonds is 4. The van der Waals surface area contributed by atoms with E-state index in [2.05, 4.69) is 6.58 Å². The molecule has 0 bridgehead atoms. The van der Waals surface area contributed by atoms with Crippen LogP contribution >= 0.6 is 11.8 Å². The molecule has 0 aliphatic heterocycles. The van der Waals surface area contributed by atoms with E-state index in [4.69, 9.17) is 0 Å². The van der Waals surface area contributed by atoms with Gasteiger partial charge in [-0.15, -0.1) is 23.8 Å². The van der Waals surface area contributed by atoms with Gasteiger partial charge in [0.05, 0.1) is 0 Å². The Labute approximate surface area is 108 Å². The molecule has 0 amide bonds. The lowest BCUT2D eigenvalue weighted by Gasteiger charge is -2.17. The Bertz CT molecular complexity index is 578. The van der Waals surface area contributed by atoms with E-state index in [1.54, 1.807) is 0 Å². The van der Waals surface area contributed by atoms with Gasteiger partial charge in [0.15, 0.2) is 0 Å². The first-order valence-corrected chi connectivity index (χ1v) is 6.44. The number of hydrogen-bond acceptors (Lipinski definition) is 1. The van der Waals surface area contributed by atoms with Crippen LogP contribution in [0.2, 0.25) is 0 Å². The van der Waals surface area contributed by atoms with E-state index in [-0.39, 0.29) is 5.75 Å². The Morgan fingerprint density at radius 2 is 1.72 bits per heavy atom. The average molecular weight is 267 g/mol. The van der Waals surface area contributed by atoms with Gasteiger partial charge in [-0.25, -0.2) is 0 Å². The largest absolute Gasteiger partial charge is 0.505 e. The Morgan fingerprint density at radius 1 is 1.06 bits per heavy atom. The standard InChI is InChI=1S/C13H11BF3S/c1-10(14(15,16)17)9-18-13-7-6-11-4-2-3-5-12(11)8-13/h2-8H,1,9H2/q-1. The van der Waals surface area contributed by atoms with E-state index < -0.39 is 12.4 Å². The molecular weight excluding hydrogens is 256 g/mol. The first kappa shape index (κ1) is 13.1. The van der Waals surface area contributed by atoms with Gasteiger partial charge in [-0.3, -0.25) is 0 Å². The van der Waals surface area contributed by atoms with E-state index in [1.165, 1.54) is 11.8 Å². The second-order valence-corrected chi connectivity index (χ2v) is 5.08. The third-order valence-electron chi connectivity index (χ3n) is 2.61. The van der Waals surface area contributed by atoms with Crippen molar-refractivity contribution in [2.45, 2.75) is 4.90 Å². The van der Waals surface area contributed by atoms with Gasteiger partial charge in [0, 0.05) is 4.90 Å². The molecule has 0 atom stereocenters. The summed E-state index contributed by atoms with van der Waals surface area (Å²) in [4.78, 5) is 0.829. The topological polar surface area (TPSA) is 0 Å². The van der Waals surface area contributed by atoms with Crippen molar-refractivity contribution in [3.05, 3.63) is 54.5 Å². The highest BCUT2D eigenvalue weighted by atomic mass is 32.2. The van der Waals surface area contributed by atoms with Gasteiger partial charge in [-0.05, 0) is 28.7 Å². The quantitative estimate of drug-likeness (QED) is 0.562. The SMILES string of the molecule is C=C(CSc1ccc2ccccc2c1)[B-](F)(F)F. The second-order valence-electron chi connectivity index (χ2n) is 4.03. The summed E-state index contributed by atoms with van der Waals surface area (Å²) < 4.78 is 37.1. The fourth-order valence-electron chi connectivity index (χ4n) is 1.53. The van der Waals surface area contributed by atoms with Crippen molar-refractivity contribution in [3.8, 4) is 0 Å². The normalized spacial score (nSPS) is 11.7. The average Bonchev–Trinajstić information content (AvgIpc) is 2.34. The lowest BCUT2D eigenvalue weighted by molar-refractivity contribution is 0.491. The number of thioether (sulfide) groups is 1. The summed E-state index contributed by atoms with van der Waals surface area (Å²) >= 11 is 1.17. The highest BCUT2D eigenvalue weighted by Crippen LogP contribution is 2.28. The van der Waals surface area contributed by atoms with Crippen molar-refractivity contribution in [2.75, 3.05) is 5.75 Å². The van der Waals surface area contributed by atoms with Crippen molar-refractivity contribution >= 4 is 29.5 Å². The Balaban J connectivity index is 2.11. The number of halogens is 3. The highest BCUT2D eigenvalue weighted by molar-refractivity contribution is 7.99. The van der Waals surface area contributed by atoms with E-state index in [0.717, 1.165) is 15.7 Å². The molecule has 0 N–H and O–H groups in total. The summed E-state index contributed by atoms with van der Waals surface area (Å²) in [5.41, 5.74) is -0.645. The van der Waals surface area contributed by atoms with E-state index in [9.17, 15) is 12.9 Å². The lowest BCUT2D eigenvalue weighted by Crippen LogP contribution is -2.20. The van der Waals surface area contributed by atoms with Gasteiger partial charge in [0.25, 0.3) is 0 Å². The summed E-state index contributed by atoms with van der Waals surface area (Å²) in [5, 5.41) is 2.12. The van der Waals surface area contributed by atoms with Crippen molar-refractivity contribution in [1.29, 1.82) is 0 Å². The maximum Gasteiger partial charge on any atom is 0.505 e. The molecule has 0 heterocycles. The zero-order valence-electron chi connectivity index (χ0n) is 9.58. The predicted molar refractivity (Wildman–Crippen MR) is 72.9 cm³/mol. The molecule has 0 saturated carbocycles. The Kier molecular flexibility index (Phi) is 3.71. The molecule has 5 heteroatoms. The molecule has 0 radical (unpaired) electrons. The number of benzene rings is 2. The Hall–Kier alpha value is -1.36. The summed E-state index contributed by atoms with van der Waals surface area (Å²) in [5.74, 6) is -0.109. The van der Waals surface area contributed by atoms with E-state index in [0.29, 0.717) is 0 Å². The van der Waals surface area contributed by atoms with Crippen LogP contribution in [-0.2, 0) is 0 Å². The van der Waals surface area contributed by atoms with Crippen LogP contribution in [0.15, 0.2) is 59.4 Å². The van der Waals surface area contributed by atoms with Crippen molar-refractivity contribution < 1.29 is 12.9 Å². The molecule has 2 aromatic rings. The van der Waals surface area contributed by atoms with Gasteiger partial charge in [-0.1, -0.05) is 30.3 Å². The smallest absolute Gasteiger partial charge is 0.445 e. The van der Waals surface area contributed by atoms with Gasteiger partial charge in [0.1, 0.15) is 0 Å². The summed E-state index contributed by atoms with van der Waals surface area (Å²) in [6, 6.07) is 13.4. The minimum Gasteiger partial charge on any atom is -0.445 e. The molecule has 2 aromatic carbocycles. The molecule has 0 spiro atoms. The van der Waals surface area contributed by atoms with Gasteiger partial charge >= 0.3 is 6.98 Å². The fourth-order valence-corrected chi connectivity index (χ4v) is 2.44. The van der Waals surface area contributed by atoms with Gasteiger partial charge in [0.2, 0.25) is 0 Å². The van der Waals surface area contributed by atoms with E-state index >= 15 is 0 Å². The molecular formula is C13H11BF3S-. The van der Waals surface area contributed by atoms with Crippen LogP contribution in [0.5, 0.6) is 0 Å². The number of fused-ring (bicyclic) bond motifs is 1. The molecule has 2 rings (SSSR count). The maximum atomic E-state index is 12.4. The van der Waals surface area contributed by atoms with E-state index in [1.807, 2.05) is 42.5 Å². The zero-order chi connectivity index (χ0) is 13.2. The first-order chi connectivity index (χ1) is 8.47. The van der Waals surface area contributed by atoms with Crippen LogP contribution in [0, 0.1) is 0 Å². The molecule has 0 aromatic heterocycles. The zero-order valence-corrected chi connectivity index (χ0v) is 10.4. The fraction of sp³-hybridized carbons (Fsp3) is 0.0769. The minimum absolute atomic E-state index is 0.109. The molecule has 0 fully saturated rings. The lowest BCUT2D eigenvalue weighted by atomic mass is 9.82. The van der Waals surface area contributed by atoms with Crippen molar-refractivity contribution in [1.82, 2.24) is 0 Å². The van der Waals surface area contributed by atoms with Gasteiger partial charge in [-0.2, -0.15) is 0 Å². The number of hydrogen-bond donors (Lipinski definition) is 0. The summed E-state index contributed by atoms with van der Waals surface area (Å²) in [6.07, 6.45) is 0. The molecule has 0 saturated heterocycles. The predicted octanol–water partition coefficient (Wildman–Crippen LogP) is 4.87. The Morgan fingerprint density at radius 3 is 2.39 bits per heavy atom. The van der Waals surface area contributed by atoms with Crippen LogP contribution in [0.4, 0.5) is 12.9 Å². The molecule has 0 nitrogen and oxygen atoms in total. The highest BCUT2D eigenvalue weighted by Gasteiger charge is 2.26. The van der Waals surface area contributed by atoms with Crippen LogP contribution < -0.4 is 0 Å². The molecule has 0 unspecified atom stereocenters. The van der Waals surface area contributed by atoms with Crippen LogP contribution in [0.25, 0.3) is 10.8 Å². The van der Waals surface area contributed by atoms with Crippen molar-refractivity contribution in [3.63, 3.8) is 0 Å². The molecule has 0 aliphatic rings. The first-order valence-electron chi connectivity index (χ1n) is 5.46. The molecule has 18 heavy (non-hydrogen) atoms. The second kappa shape index (κ2) is 5.10. The van der Waals surface area contributed by atoms with Gasteiger partial charge < -0.3 is 12.9 Å².